The van der Waals surface area contributed by atoms with Gasteiger partial charge in [0.05, 0.1) is 5.69 Å². The average molecular weight is 351 g/mol. The number of hydrogen-bond donors (Lipinski definition) is 0. The van der Waals surface area contributed by atoms with Gasteiger partial charge in [0.2, 0.25) is 0 Å². The predicted octanol–water partition coefficient (Wildman–Crippen LogP) is 6.86. The summed E-state index contributed by atoms with van der Waals surface area (Å²) in [5.41, 5.74) is 8.59. The van der Waals surface area contributed by atoms with Gasteiger partial charge >= 0.3 is 0 Å². The molecule has 5 rings (SSSR count). The van der Waals surface area contributed by atoms with Gasteiger partial charge < -0.3 is 0 Å². The van der Waals surface area contributed by atoms with Gasteiger partial charge in [0.1, 0.15) is 0 Å². The van der Waals surface area contributed by atoms with Crippen molar-refractivity contribution in [2.75, 3.05) is 0 Å². The van der Waals surface area contributed by atoms with E-state index in [1.54, 1.807) is 0 Å². The van der Waals surface area contributed by atoms with Gasteiger partial charge in [-0.2, -0.15) is 0 Å². The molecule has 1 aliphatic heterocycles. The lowest BCUT2D eigenvalue weighted by molar-refractivity contribution is 1.26. The lowest BCUT2D eigenvalue weighted by Crippen LogP contribution is -1.90. The van der Waals surface area contributed by atoms with Crippen molar-refractivity contribution < 1.29 is 0 Å². The van der Waals surface area contributed by atoms with Crippen molar-refractivity contribution in [3.63, 3.8) is 0 Å². The largest absolute Gasteiger partial charge is 0.256 e. The first-order valence-corrected chi connectivity index (χ1v) is 9.55. The van der Waals surface area contributed by atoms with E-state index < -0.39 is 0 Å². The Morgan fingerprint density at radius 3 is 2.15 bits per heavy atom. The zero-order valence-electron chi connectivity index (χ0n) is 14.4. The molecule has 2 heteroatoms. The molecule has 26 heavy (non-hydrogen) atoms. The van der Waals surface area contributed by atoms with Crippen LogP contribution in [-0.2, 0) is 0 Å². The summed E-state index contributed by atoms with van der Waals surface area (Å²) < 4.78 is 0. The molecule has 0 amide bonds. The molecule has 0 N–H and O–H groups in total. The van der Waals surface area contributed by atoms with Crippen LogP contribution in [0.25, 0.3) is 33.5 Å². The molecule has 4 aromatic rings. The number of nitrogens with zero attached hydrogens (tertiary/aromatic N) is 1. The third-order valence-electron chi connectivity index (χ3n) is 4.88. The van der Waals surface area contributed by atoms with Gasteiger partial charge in [0.25, 0.3) is 0 Å². The molecule has 0 radical (unpaired) electrons. The van der Waals surface area contributed by atoms with Crippen molar-refractivity contribution in [3.8, 4) is 33.5 Å². The Morgan fingerprint density at radius 2 is 1.35 bits per heavy atom. The highest BCUT2D eigenvalue weighted by atomic mass is 32.2. The number of rotatable bonds is 1. The minimum atomic E-state index is 1.06. The Hall–Kier alpha value is -2.84. The van der Waals surface area contributed by atoms with Gasteiger partial charge in [-0.25, -0.2) is 0 Å². The molecule has 1 aliphatic rings. The molecule has 124 valence electrons. The fraction of sp³-hybridized carbons (Fsp3) is 0.0417. The summed E-state index contributed by atoms with van der Waals surface area (Å²) in [6, 6.07) is 28.2. The Kier molecular flexibility index (Phi) is 3.65. The number of aryl methyl sites for hydroxylation is 1. The van der Waals surface area contributed by atoms with Crippen LogP contribution < -0.4 is 0 Å². The summed E-state index contributed by atoms with van der Waals surface area (Å²) in [7, 11) is 0. The summed E-state index contributed by atoms with van der Waals surface area (Å²) in [5.74, 6) is 0. The molecule has 2 heterocycles. The van der Waals surface area contributed by atoms with Gasteiger partial charge in [-0.3, -0.25) is 4.98 Å². The third-order valence-corrected chi connectivity index (χ3v) is 6.03. The number of fused-ring (bicyclic) bond motifs is 5. The number of hydrogen-bond acceptors (Lipinski definition) is 2. The van der Waals surface area contributed by atoms with E-state index in [-0.39, 0.29) is 0 Å². The van der Waals surface area contributed by atoms with Crippen LogP contribution in [0.2, 0.25) is 0 Å². The third kappa shape index (κ3) is 2.46. The minimum Gasteiger partial charge on any atom is -0.256 e. The van der Waals surface area contributed by atoms with Crippen molar-refractivity contribution >= 4 is 11.8 Å². The molecule has 0 bridgehead atoms. The first-order chi connectivity index (χ1) is 12.8. The Labute approximate surface area is 157 Å². The standard InChI is InChI=1S/C24H17NS/c1-16-7-6-14-25-24(16)17-12-13-23-21(15-17)19-9-3-2-8-18(19)20-10-4-5-11-22(20)26-23/h2-15H,1H3. The SMILES string of the molecule is Cc1cccnc1-c1ccc2c(c1)-c1ccccc1-c1ccccc1S2. The Balaban J connectivity index is 1.78. The van der Waals surface area contributed by atoms with E-state index in [0.29, 0.717) is 0 Å². The van der Waals surface area contributed by atoms with Crippen LogP contribution in [-0.4, -0.2) is 4.98 Å². The highest BCUT2D eigenvalue weighted by Crippen LogP contribution is 2.48. The molecule has 0 spiro atoms. The first-order valence-electron chi connectivity index (χ1n) is 8.74. The van der Waals surface area contributed by atoms with E-state index in [9.17, 15) is 0 Å². The maximum absolute atomic E-state index is 4.61. The van der Waals surface area contributed by atoms with E-state index in [2.05, 4.69) is 84.7 Å². The fourth-order valence-corrected chi connectivity index (χ4v) is 4.70. The molecule has 0 atom stereocenters. The summed E-state index contributed by atoms with van der Waals surface area (Å²) >= 11 is 1.85. The van der Waals surface area contributed by atoms with E-state index in [1.165, 1.54) is 43.2 Å². The molecular formula is C24H17NS. The minimum absolute atomic E-state index is 1.06. The molecule has 0 saturated heterocycles. The van der Waals surface area contributed by atoms with Gasteiger partial charge in [-0.05, 0) is 59.0 Å². The second-order valence-electron chi connectivity index (χ2n) is 6.52. The Bertz CT molecular complexity index is 1130. The molecule has 0 aliphatic carbocycles. The van der Waals surface area contributed by atoms with Crippen LogP contribution in [0.15, 0.2) is 94.9 Å². The van der Waals surface area contributed by atoms with Crippen molar-refractivity contribution in [1.29, 1.82) is 0 Å². The van der Waals surface area contributed by atoms with Crippen LogP contribution in [0.3, 0.4) is 0 Å². The maximum atomic E-state index is 4.61. The molecule has 3 aromatic carbocycles. The van der Waals surface area contributed by atoms with Gasteiger partial charge in [-0.1, -0.05) is 66.4 Å². The highest BCUT2D eigenvalue weighted by molar-refractivity contribution is 7.99. The quantitative estimate of drug-likeness (QED) is 0.327. The molecule has 0 unspecified atom stereocenters. The number of aromatic nitrogens is 1. The van der Waals surface area contributed by atoms with Crippen LogP contribution in [0.4, 0.5) is 0 Å². The van der Waals surface area contributed by atoms with Gasteiger partial charge in [0, 0.05) is 21.6 Å². The summed E-state index contributed by atoms with van der Waals surface area (Å²) in [5, 5.41) is 0. The smallest absolute Gasteiger partial charge is 0.0731 e. The van der Waals surface area contributed by atoms with Gasteiger partial charge in [0.15, 0.2) is 0 Å². The number of pyridine rings is 1. The summed E-state index contributed by atoms with van der Waals surface area (Å²) in [6.07, 6.45) is 1.87. The molecule has 0 fully saturated rings. The fourth-order valence-electron chi connectivity index (χ4n) is 3.61. The van der Waals surface area contributed by atoms with Crippen molar-refractivity contribution in [1.82, 2.24) is 4.98 Å². The van der Waals surface area contributed by atoms with Crippen LogP contribution in [0.1, 0.15) is 5.56 Å². The summed E-state index contributed by atoms with van der Waals surface area (Å²) in [6.45, 7) is 2.12. The van der Waals surface area contributed by atoms with E-state index in [0.717, 1.165) is 5.69 Å². The van der Waals surface area contributed by atoms with Crippen LogP contribution >= 0.6 is 11.8 Å². The zero-order valence-corrected chi connectivity index (χ0v) is 15.3. The highest BCUT2D eigenvalue weighted by Gasteiger charge is 2.20. The van der Waals surface area contributed by atoms with Crippen LogP contribution in [0.5, 0.6) is 0 Å². The second-order valence-corrected chi connectivity index (χ2v) is 7.61. The second kappa shape index (κ2) is 6.15. The lowest BCUT2D eigenvalue weighted by Gasteiger charge is -2.12. The Morgan fingerprint density at radius 1 is 0.654 bits per heavy atom. The molecule has 1 aromatic heterocycles. The average Bonchev–Trinajstić information content (AvgIpc) is 2.83. The monoisotopic (exact) mass is 351 g/mol. The topological polar surface area (TPSA) is 12.9 Å². The molecular weight excluding hydrogens is 334 g/mol. The predicted molar refractivity (Wildman–Crippen MR) is 109 cm³/mol. The number of benzene rings is 3. The molecule has 0 saturated carbocycles. The van der Waals surface area contributed by atoms with E-state index >= 15 is 0 Å². The van der Waals surface area contributed by atoms with Crippen molar-refractivity contribution in [2.45, 2.75) is 16.7 Å². The van der Waals surface area contributed by atoms with Crippen molar-refractivity contribution in [3.05, 3.63) is 90.6 Å². The van der Waals surface area contributed by atoms with E-state index in [1.807, 2.05) is 24.0 Å². The normalized spacial score (nSPS) is 11.9. The molecule has 1 nitrogen and oxygen atoms in total. The first kappa shape index (κ1) is 15.4. The van der Waals surface area contributed by atoms with Gasteiger partial charge in [-0.15, -0.1) is 0 Å². The maximum Gasteiger partial charge on any atom is 0.0731 e. The lowest BCUT2D eigenvalue weighted by atomic mass is 9.93. The zero-order chi connectivity index (χ0) is 17.5. The van der Waals surface area contributed by atoms with Crippen LogP contribution in [0, 0.1) is 6.92 Å². The van der Waals surface area contributed by atoms with Crippen molar-refractivity contribution in [2.24, 2.45) is 0 Å². The summed E-state index contributed by atoms with van der Waals surface area (Å²) in [4.78, 5) is 7.21. The van der Waals surface area contributed by atoms with E-state index in [4.69, 9.17) is 0 Å².